The highest BCUT2D eigenvalue weighted by Gasteiger charge is 2.01. The lowest BCUT2D eigenvalue weighted by atomic mass is 10.1. The molecule has 0 bridgehead atoms. The minimum atomic E-state index is -0.442. The predicted octanol–water partition coefficient (Wildman–Crippen LogP) is 5.51. The third-order valence-electron chi connectivity index (χ3n) is 4.47. The van der Waals surface area contributed by atoms with Crippen molar-refractivity contribution in [3.8, 4) is 5.75 Å². The first kappa shape index (κ1) is 23.1. The van der Waals surface area contributed by atoms with Crippen LogP contribution in [0.5, 0.6) is 5.75 Å². The Morgan fingerprint density at radius 3 is 2.33 bits per heavy atom. The third-order valence-corrected chi connectivity index (χ3v) is 4.47. The van der Waals surface area contributed by atoms with Crippen molar-refractivity contribution in [1.29, 1.82) is 0 Å². The fourth-order valence-corrected chi connectivity index (χ4v) is 2.80. The van der Waals surface area contributed by atoms with Crippen molar-refractivity contribution in [2.24, 2.45) is 5.10 Å². The van der Waals surface area contributed by atoms with E-state index in [1.807, 2.05) is 30.3 Å². The number of hydrogen-bond acceptors (Lipinski definition) is 4. The van der Waals surface area contributed by atoms with E-state index < -0.39 is 5.97 Å². The monoisotopic (exact) mass is 406 g/mol. The van der Waals surface area contributed by atoms with Gasteiger partial charge in [-0.3, -0.25) is 4.79 Å². The molecule has 2 aromatic rings. The van der Waals surface area contributed by atoms with E-state index in [4.69, 9.17) is 4.74 Å². The molecule has 5 heteroatoms. The zero-order valence-corrected chi connectivity index (χ0v) is 17.5. The average molecular weight is 407 g/mol. The number of esters is 1. The Morgan fingerprint density at radius 2 is 1.60 bits per heavy atom. The molecule has 0 aliphatic rings. The van der Waals surface area contributed by atoms with Crippen molar-refractivity contribution in [1.82, 2.24) is 5.43 Å². The van der Waals surface area contributed by atoms with Crippen molar-refractivity contribution >= 4 is 24.2 Å². The van der Waals surface area contributed by atoms with Crippen LogP contribution < -0.4 is 10.2 Å². The topological polar surface area (TPSA) is 67.8 Å². The van der Waals surface area contributed by atoms with Gasteiger partial charge < -0.3 is 4.74 Å². The first-order chi connectivity index (χ1) is 14.7. The highest BCUT2D eigenvalue weighted by atomic mass is 16.5. The first-order valence-corrected chi connectivity index (χ1v) is 10.5. The summed E-state index contributed by atoms with van der Waals surface area (Å²) in [7, 11) is 0. The van der Waals surface area contributed by atoms with Gasteiger partial charge in [-0.25, -0.2) is 10.2 Å². The average Bonchev–Trinajstić information content (AvgIpc) is 2.77. The van der Waals surface area contributed by atoms with Crippen molar-refractivity contribution in [3.05, 3.63) is 71.8 Å². The van der Waals surface area contributed by atoms with Crippen LogP contribution in [-0.4, -0.2) is 18.1 Å². The van der Waals surface area contributed by atoms with E-state index in [9.17, 15) is 9.59 Å². The lowest BCUT2D eigenvalue weighted by Crippen LogP contribution is -2.16. The van der Waals surface area contributed by atoms with Crippen molar-refractivity contribution in [2.45, 2.75) is 51.9 Å². The second-order valence-electron chi connectivity index (χ2n) is 7.05. The van der Waals surface area contributed by atoms with Crippen LogP contribution in [0.15, 0.2) is 65.8 Å². The molecule has 0 spiro atoms. The minimum Gasteiger partial charge on any atom is -0.423 e. The number of nitrogens with zero attached hydrogens (tertiary/aromatic N) is 1. The Hall–Kier alpha value is -3.21. The number of hydrazone groups is 1. The SMILES string of the molecule is CCCCCCCCC(=O)N/N=C\c1ccc(OC(=O)/C=C/c2ccccc2)cc1. The van der Waals surface area contributed by atoms with Gasteiger partial charge in [-0.2, -0.15) is 5.10 Å². The molecule has 0 saturated heterocycles. The van der Waals surface area contributed by atoms with Crippen LogP contribution in [0.2, 0.25) is 0 Å². The van der Waals surface area contributed by atoms with E-state index in [2.05, 4.69) is 17.5 Å². The Balaban J connectivity index is 1.69. The number of benzene rings is 2. The number of amides is 1. The third kappa shape index (κ3) is 9.82. The van der Waals surface area contributed by atoms with Gasteiger partial charge >= 0.3 is 5.97 Å². The molecule has 0 saturated carbocycles. The summed E-state index contributed by atoms with van der Waals surface area (Å²) in [5.41, 5.74) is 4.28. The van der Waals surface area contributed by atoms with E-state index in [-0.39, 0.29) is 5.91 Å². The molecule has 0 fully saturated rings. The number of hydrogen-bond donors (Lipinski definition) is 1. The van der Waals surface area contributed by atoms with Crippen LogP contribution in [0.4, 0.5) is 0 Å². The second-order valence-corrected chi connectivity index (χ2v) is 7.05. The maximum atomic E-state index is 11.9. The quantitative estimate of drug-likeness (QED) is 0.126. The first-order valence-electron chi connectivity index (χ1n) is 10.5. The number of rotatable bonds is 12. The molecule has 0 unspecified atom stereocenters. The van der Waals surface area contributed by atoms with E-state index >= 15 is 0 Å². The molecule has 0 heterocycles. The molecule has 0 aliphatic heterocycles. The Labute approximate surface area is 178 Å². The minimum absolute atomic E-state index is 0.0718. The summed E-state index contributed by atoms with van der Waals surface area (Å²) in [6.07, 6.45) is 12.1. The molecule has 0 aromatic heterocycles. The van der Waals surface area contributed by atoms with Crippen molar-refractivity contribution in [3.63, 3.8) is 0 Å². The fraction of sp³-hybridized carbons (Fsp3) is 0.320. The highest BCUT2D eigenvalue weighted by molar-refractivity contribution is 5.89. The summed E-state index contributed by atoms with van der Waals surface area (Å²) in [6, 6.07) is 16.5. The van der Waals surface area contributed by atoms with Crippen LogP contribution in [0.25, 0.3) is 6.08 Å². The van der Waals surface area contributed by atoms with Gasteiger partial charge in [-0.05, 0) is 47.9 Å². The van der Waals surface area contributed by atoms with Crippen molar-refractivity contribution in [2.75, 3.05) is 0 Å². The summed E-state index contributed by atoms with van der Waals surface area (Å²) in [5, 5.41) is 3.98. The molecular formula is C25H30N2O3. The zero-order valence-electron chi connectivity index (χ0n) is 17.5. The summed E-state index contributed by atoms with van der Waals surface area (Å²) >= 11 is 0. The molecule has 0 atom stereocenters. The molecular weight excluding hydrogens is 376 g/mol. The lowest BCUT2D eigenvalue weighted by Gasteiger charge is -2.02. The maximum absolute atomic E-state index is 11.9. The zero-order chi connectivity index (χ0) is 21.4. The van der Waals surface area contributed by atoms with E-state index in [1.54, 1.807) is 36.6 Å². The van der Waals surface area contributed by atoms with Crippen LogP contribution in [0.1, 0.15) is 63.0 Å². The largest absolute Gasteiger partial charge is 0.423 e. The molecule has 1 N–H and O–H groups in total. The standard InChI is InChI=1S/C25H30N2O3/c1-2-3-4-5-6-10-13-24(28)27-26-20-22-14-17-23(18-15-22)30-25(29)19-16-21-11-8-7-9-12-21/h7-9,11-12,14-20H,2-6,10,13H2,1H3,(H,27,28)/b19-16+,26-20-. The number of nitrogens with one attached hydrogen (secondary N) is 1. The molecule has 0 radical (unpaired) electrons. The van der Waals surface area contributed by atoms with Crippen LogP contribution in [-0.2, 0) is 9.59 Å². The van der Waals surface area contributed by atoms with Crippen LogP contribution in [0, 0.1) is 0 Å². The normalized spacial score (nSPS) is 11.1. The molecule has 1 amide bonds. The maximum Gasteiger partial charge on any atom is 0.336 e. The van der Waals surface area contributed by atoms with E-state index in [1.165, 1.54) is 31.8 Å². The highest BCUT2D eigenvalue weighted by Crippen LogP contribution is 2.12. The lowest BCUT2D eigenvalue weighted by molar-refractivity contribution is -0.129. The van der Waals surface area contributed by atoms with Crippen molar-refractivity contribution < 1.29 is 14.3 Å². The van der Waals surface area contributed by atoms with Gasteiger partial charge in [0.15, 0.2) is 0 Å². The summed E-state index contributed by atoms with van der Waals surface area (Å²) in [6.45, 7) is 2.19. The molecule has 2 rings (SSSR count). The smallest absolute Gasteiger partial charge is 0.336 e. The Kier molecular flexibility index (Phi) is 10.7. The van der Waals surface area contributed by atoms with Gasteiger partial charge in [0.25, 0.3) is 0 Å². The Bertz CT molecular complexity index is 827. The number of ether oxygens (including phenoxy) is 1. The second kappa shape index (κ2) is 13.9. The predicted molar refractivity (Wildman–Crippen MR) is 121 cm³/mol. The van der Waals surface area contributed by atoms with Gasteiger partial charge in [0.05, 0.1) is 6.21 Å². The van der Waals surface area contributed by atoms with E-state index in [0.717, 1.165) is 24.0 Å². The van der Waals surface area contributed by atoms with E-state index in [0.29, 0.717) is 12.2 Å². The molecule has 30 heavy (non-hydrogen) atoms. The van der Waals surface area contributed by atoms with Gasteiger partial charge in [-0.15, -0.1) is 0 Å². The fourth-order valence-electron chi connectivity index (χ4n) is 2.80. The summed E-state index contributed by atoms with van der Waals surface area (Å²) < 4.78 is 5.27. The number of unbranched alkanes of at least 4 members (excludes halogenated alkanes) is 5. The van der Waals surface area contributed by atoms with Gasteiger partial charge in [-0.1, -0.05) is 69.4 Å². The number of carbonyl (C=O) groups is 2. The molecule has 5 nitrogen and oxygen atoms in total. The molecule has 0 aliphatic carbocycles. The molecule has 158 valence electrons. The van der Waals surface area contributed by atoms with Crippen LogP contribution in [0.3, 0.4) is 0 Å². The van der Waals surface area contributed by atoms with Crippen LogP contribution >= 0.6 is 0 Å². The number of carbonyl (C=O) groups excluding carboxylic acids is 2. The van der Waals surface area contributed by atoms with Gasteiger partial charge in [0, 0.05) is 12.5 Å². The van der Waals surface area contributed by atoms with Gasteiger partial charge in [0.2, 0.25) is 5.91 Å². The van der Waals surface area contributed by atoms with Gasteiger partial charge in [0.1, 0.15) is 5.75 Å². The summed E-state index contributed by atoms with van der Waals surface area (Å²) in [4.78, 5) is 23.7. The summed E-state index contributed by atoms with van der Waals surface area (Å²) in [5.74, 6) is -0.0679. The molecule has 2 aromatic carbocycles. The Morgan fingerprint density at radius 1 is 0.900 bits per heavy atom.